The van der Waals surface area contributed by atoms with E-state index in [9.17, 15) is 13.2 Å². The summed E-state index contributed by atoms with van der Waals surface area (Å²) in [6.07, 6.45) is 3.01. The van der Waals surface area contributed by atoms with Gasteiger partial charge in [0.15, 0.2) is 15.5 Å². The van der Waals surface area contributed by atoms with Crippen LogP contribution in [0, 0.1) is 0 Å². The normalized spacial score (nSPS) is 19.8. The predicted molar refractivity (Wildman–Crippen MR) is 68.4 cm³/mol. The first-order valence-corrected chi connectivity index (χ1v) is 7.51. The highest BCUT2D eigenvalue weighted by Crippen LogP contribution is 2.23. The number of fused-ring (bicyclic) bond motifs is 1. The molecule has 3 rings (SSSR count). The Morgan fingerprint density at radius 3 is 2.84 bits per heavy atom. The quantitative estimate of drug-likeness (QED) is 0.797. The molecule has 2 aromatic rings. The highest BCUT2D eigenvalue weighted by Gasteiger charge is 2.45. The Morgan fingerprint density at radius 2 is 2.16 bits per heavy atom. The molecule has 0 unspecified atom stereocenters. The number of aromatic nitrogens is 3. The van der Waals surface area contributed by atoms with Crippen molar-refractivity contribution in [3.8, 4) is 0 Å². The van der Waals surface area contributed by atoms with E-state index in [1.54, 1.807) is 19.2 Å². The third-order valence-corrected chi connectivity index (χ3v) is 5.20. The van der Waals surface area contributed by atoms with E-state index >= 15 is 0 Å². The van der Waals surface area contributed by atoms with Crippen molar-refractivity contribution in [3.63, 3.8) is 0 Å². The van der Waals surface area contributed by atoms with Crippen molar-refractivity contribution in [3.05, 3.63) is 24.0 Å². The Hall–Kier alpha value is -1.96. The van der Waals surface area contributed by atoms with Gasteiger partial charge in [-0.1, -0.05) is 0 Å². The van der Waals surface area contributed by atoms with Crippen LogP contribution in [-0.2, 0) is 9.84 Å². The van der Waals surface area contributed by atoms with E-state index in [0.29, 0.717) is 11.2 Å². The van der Waals surface area contributed by atoms with Gasteiger partial charge in [0.2, 0.25) is 0 Å². The number of carbonyl (C=O) groups excluding carboxylic acids is 1. The second-order valence-electron chi connectivity index (χ2n) is 5.08. The van der Waals surface area contributed by atoms with Gasteiger partial charge in [0.1, 0.15) is 0 Å². The van der Waals surface area contributed by atoms with Crippen molar-refractivity contribution in [2.45, 2.75) is 12.5 Å². The molecule has 0 aliphatic carbocycles. The number of hydrogen-bond acceptors (Lipinski definition) is 5. The highest BCUT2D eigenvalue weighted by molar-refractivity contribution is 7.93. The third-order valence-electron chi connectivity index (χ3n) is 3.05. The topological polar surface area (TPSA) is 105 Å². The standard InChI is InChI=1S/C11H12N4O3S/c1-11(5-19(17,18)6-11)14-10(16)8-2-7-4-13-15-9(7)12-3-8/h2-4H,5-6H2,1H3,(H,14,16)(H,12,13,15). The van der Waals surface area contributed by atoms with E-state index in [4.69, 9.17) is 0 Å². The predicted octanol–water partition coefficient (Wildman–Crippen LogP) is -0.125. The lowest BCUT2D eigenvalue weighted by Gasteiger charge is -2.38. The van der Waals surface area contributed by atoms with Crippen LogP contribution in [0.25, 0.3) is 11.0 Å². The van der Waals surface area contributed by atoms with Crippen LogP contribution in [0.5, 0.6) is 0 Å². The van der Waals surface area contributed by atoms with Crippen molar-refractivity contribution in [1.29, 1.82) is 0 Å². The van der Waals surface area contributed by atoms with Crippen LogP contribution in [0.3, 0.4) is 0 Å². The number of nitrogens with one attached hydrogen (secondary N) is 2. The zero-order chi connectivity index (χ0) is 13.7. The van der Waals surface area contributed by atoms with Crippen LogP contribution in [0.2, 0.25) is 0 Å². The number of carbonyl (C=O) groups is 1. The van der Waals surface area contributed by atoms with Gasteiger partial charge in [-0.25, -0.2) is 13.4 Å². The molecule has 1 amide bonds. The number of hydrogen-bond donors (Lipinski definition) is 2. The third kappa shape index (κ3) is 2.19. The molecule has 1 saturated heterocycles. The van der Waals surface area contributed by atoms with Crippen molar-refractivity contribution in [2.24, 2.45) is 0 Å². The summed E-state index contributed by atoms with van der Waals surface area (Å²) >= 11 is 0. The molecule has 2 aromatic heterocycles. The molecule has 8 heteroatoms. The second kappa shape index (κ2) is 3.77. The average Bonchev–Trinajstić information content (AvgIpc) is 2.72. The van der Waals surface area contributed by atoms with Crippen LogP contribution < -0.4 is 5.32 Å². The zero-order valence-electron chi connectivity index (χ0n) is 10.2. The minimum atomic E-state index is -2.99. The van der Waals surface area contributed by atoms with Gasteiger partial charge < -0.3 is 5.32 Å². The lowest BCUT2D eigenvalue weighted by Crippen LogP contribution is -2.63. The number of nitrogens with zero attached hydrogens (tertiary/aromatic N) is 2. The smallest absolute Gasteiger partial charge is 0.253 e. The van der Waals surface area contributed by atoms with Crippen LogP contribution in [-0.4, -0.2) is 46.6 Å². The molecule has 2 N–H and O–H groups in total. The summed E-state index contributed by atoms with van der Waals surface area (Å²) in [4.78, 5) is 16.1. The van der Waals surface area contributed by atoms with E-state index in [1.165, 1.54) is 6.20 Å². The number of H-pyrrole nitrogens is 1. The van der Waals surface area contributed by atoms with Crippen molar-refractivity contribution in [1.82, 2.24) is 20.5 Å². The number of sulfone groups is 1. The monoisotopic (exact) mass is 280 g/mol. The van der Waals surface area contributed by atoms with Gasteiger partial charge in [0.25, 0.3) is 5.91 Å². The Balaban J connectivity index is 1.80. The van der Waals surface area contributed by atoms with Gasteiger partial charge in [0.05, 0.1) is 28.8 Å². The van der Waals surface area contributed by atoms with Gasteiger partial charge in [-0.2, -0.15) is 5.10 Å². The summed E-state index contributed by atoms with van der Waals surface area (Å²) in [6, 6.07) is 1.66. The maximum Gasteiger partial charge on any atom is 0.253 e. The maximum atomic E-state index is 12.1. The summed E-state index contributed by atoms with van der Waals surface area (Å²) in [7, 11) is -2.99. The Bertz CT molecular complexity index is 753. The maximum absolute atomic E-state index is 12.1. The van der Waals surface area contributed by atoms with Crippen molar-refractivity contribution >= 4 is 26.8 Å². The van der Waals surface area contributed by atoms with Crippen molar-refractivity contribution in [2.75, 3.05) is 11.5 Å². The Morgan fingerprint density at radius 1 is 1.42 bits per heavy atom. The van der Waals surface area contributed by atoms with Gasteiger partial charge in [-0.15, -0.1) is 0 Å². The number of pyridine rings is 1. The molecule has 0 aromatic carbocycles. The molecule has 1 aliphatic heterocycles. The lowest BCUT2D eigenvalue weighted by atomic mass is 10.1. The second-order valence-corrected chi connectivity index (χ2v) is 7.14. The Labute approximate surface area is 109 Å². The molecule has 100 valence electrons. The van der Waals surface area contributed by atoms with E-state index < -0.39 is 15.4 Å². The van der Waals surface area contributed by atoms with Crippen molar-refractivity contribution < 1.29 is 13.2 Å². The van der Waals surface area contributed by atoms with Gasteiger partial charge >= 0.3 is 0 Å². The fourth-order valence-corrected chi connectivity index (χ4v) is 4.31. The molecule has 0 atom stereocenters. The molecule has 3 heterocycles. The van der Waals surface area contributed by atoms with Crippen LogP contribution in [0.1, 0.15) is 17.3 Å². The fourth-order valence-electron chi connectivity index (χ4n) is 2.31. The van der Waals surface area contributed by atoms with E-state index in [2.05, 4.69) is 20.5 Å². The molecule has 0 radical (unpaired) electrons. The molecule has 0 bridgehead atoms. The van der Waals surface area contributed by atoms with Crippen LogP contribution in [0.4, 0.5) is 0 Å². The zero-order valence-corrected chi connectivity index (χ0v) is 11.0. The van der Waals surface area contributed by atoms with Gasteiger partial charge in [-0.05, 0) is 13.0 Å². The number of aromatic amines is 1. The van der Waals surface area contributed by atoms with Crippen LogP contribution in [0.15, 0.2) is 18.5 Å². The number of amides is 1. The molecule has 0 spiro atoms. The molecular formula is C11H12N4O3S. The van der Waals surface area contributed by atoms with E-state index in [1.807, 2.05) is 0 Å². The van der Waals surface area contributed by atoms with E-state index in [0.717, 1.165) is 5.39 Å². The first-order chi connectivity index (χ1) is 8.87. The summed E-state index contributed by atoms with van der Waals surface area (Å²) in [6.45, 7) is 1.72. The Kier molecular flexibility index (Phi) is 2.40. The minimum absolute atomic E-state index is 0.0207. The lowest BCUT2D eigenvalue weighted by molar-refractivity contribution is 0.0917. The first kappa shape index (κ1) is 12.1. The van der Waals surface area contributed by atoms with Gasteiger partial charge in [0, 0.05) is 11.6 Å². The molecule has 1 aliphatic rings. The largest absolute Gasteiger partial charge is 0.345 e. The summed E-state index contributed by atoms with van der Waals surface area (Å²) in [5.74, 6) is -0.367. The molecule has 1 fully saturated rings. The summed E-state index contributed by atoms with van der Waals surface area (Å²) in [5.41, 5.74) is 0.315. The first-order valence-electron chi connectivity index (χ1n) is 5.69. The fraction of sp³-hybridized carbons (Fsp3) is 0.364. The average molecular weight is 280 g/mol. The highest BCUT2D eigenvalue weighted by atomic mass is 32.2. The molecule has 19 heavy (non-hydrogen) atoms. The molecule has 7 nitrogen and oxygen atoms in total. The van der Waals surface area contributed by atoms with Gasteiger partial charge in [-0.3, -0.25) is 9.89 Å². The molecular weight excluding hydrogens is 268 g/mol. The summed E-state index contributed by atoms with van der Waals surface area (Å²) < 4.78 is 22.4. The van der Waals surface area contributed by atoms with E-state index in [-0.39, 0.29) is 17.4 Å². The SMILES string of the molecule is CC1(NC(=O)c2cnc3[nH]ncc3c2)CS(=O)(=O)C1. The van der Waals surface area contributed by atoms with Crippen LogP contribution >= 0.6 is 0 Å². The molecule has 0 saturated carbocycles. The number of rotatable bonds is 2. The summed E-state index contributed by atoms with van der Waals surface area (Å²) in [5, 5.41) is 9.99. The minimum Gasteiger partial charge on any atom is -0.345 e.